The average Bonchev–Trinajstić information content (AvgIpc) is 2.50. The molecule has 0 bridgehead atoms. The molecule has 1 saturated heterocycles. The summed E-state index contributed by atoms with van der Waals surface area (Å²) in [5.41, 5.74) is 0.709. The maximum absolute atomic E-state index is 12.5. The van der Waals surface area contributed by atoms with Crippen LogP contribution in [0.15, 0.2) is 24.3 Å². The fourth-order valence-corrected chi connectivity index (χ4v) is 2.87. The summed E-state index contributed by atoms with van der Waals surface area (Å²) >= 11 is 0. The highest BCUT2D eigenvalue weighted by molar-refractivity contribution is 5.79. The van der Waals surface area contributed by atoms with E-state index >= 15 is 0 Å². The van der Waals surface area contributed by atoms with Gasteiger partial charge in [-0.05, 0) is 31.9 Å². The van der Waals surface area contributed by atoms with Crippen LogP contribution >= 0.6 is 0 Å². The van der Waals surface area contributed by atoms with E-state index in [1.165, 1.54) is 12.8 Å². The van der Waals surface area contributed by atoms with Crippen molar-refractivity contribution in [1.29, 1.82) is 0 Å². The van der Waals surface area contributed by atoms with E-state index in [1.807, 2.05) is 17.0 Å². The van der Waals surface area contributed by atoms with E-state index in [9.17, 15) is 9.90 Å². The van der Waals surface area contributed by atoms with Gasteiger partial charge in [-0.1, -0.05) is 31.5 Å². The van der Waals surface area contributed by atoms with Gasteiger partial charge in [-0.25, -0.2) is 0 Å². The van der Waals surface area contributed by atoms with Gasteiger partial charge in [0, 0.05) is 24.7 Å². The lowest BCUT2D eigenvalue weighted by Gasteiger charge is -2.30. The van der Waals surface area contributed by atoms with E-state index < -0.39 is 0 Å². The van der Waals surface area contributed by atoms with Gasteiger partial charge >= 0.3 is 0 Å². The number of hydrogen-bond acceptors (Lipinski definition) is 3. The Balaban J connectivity index is 1.96. The number of aromatic hydroxyl groups is 1. The number of benzene rings is 1. The number of nitrogens with one attached hydrogen (secondary N) is 1. The molecule has 116 valence electrons. The molecule has 0 radical (unpaired) electrons. The Morgan fingerprint density at radius 2 is 2.19 bits per heavy atom. The van der Waals surface area contributed by atoms with Gasteiger partial charge in [0.2, 0.25) is 5.91 Å². The lowest BCUT2D eigenvalue weighted by atomic mass is 10.0. The lowest BCUT2D eigenvalue weighted by molar-refractivity contribution is -0.131. The van der Waals surface area contributed by atoms with Crippen molar-refractivity contribution in [3.63, 3.8) is 0 Å². The van der Waals surface area contributed by atoms with E-state index in [0.29, 0.717) is 11.6 Å². The summed E-state index contributed by atoms with van der Waals surface area (Å²) in [6.45, 7) is 4.71. The molecular formula is C17H26N2O2. The van der Waals surface area contributed by atoms with Crippen LogP contribution in [0.2, 0.25) is 0 Å². The number of piperidine rings is 1. The second kappa shape index (κ2) is 8.03. The first kappa shape index (κ1) is 15.8. The Labute approximate surface area is 127 Å². The molecule has 0 aliphatic carbocycles. The van der Waals surface area contributed by atoms with Gasteiger partial charge in [0.25, 0.3) is 0 Å². The van der Waals surface area contributed by atoms with Crippen LogP contribution in [0.4, 0.5) is 0 Å². The molecule has 1 aliphatic heterocycles. The maximum Gasteiger partial charge on any atom is 0.227 e. The highest BCUT2D eigenvalue weighted by Gasteiger charge is 2.20. The van der Waals surface area contributed by atoms with Crippen LogP contribution < -0.4 is 5.32 Å². The third-order valence-electron chi connectivity index (χ3n) is 4.03. The molecule has 1 aromatic rings. The van der Waals surface area contributed by atoms with E-state index in [4.69, 9.17) is 0 Å². The molecule has 0 aromatic heterocycles. The Kier molecular flexibility index (Phi) is 6.05. The first-order valence-corrected chi connectivity index (χ1v) is 7.98. The van der Waals surface area contributed by atoms with Crippen molar-refractivity contribution >= 4 is 5.91 Å². The number of rotatable bonds is 6. The normalized spacial score (nSPS) is 18.4. The van der Waals surface area contributed by atoms with Gasteiger partial charge in [-0.2, -0.15) is 0 Å². The number of carbonyl (C=O) groups is 1. The van der Waals surface area contributed by atoms with Crippen molar-refractivity contribution in [3.05, 3.63) is 29.8 Å². The minimum absolute atomic E-state index is 0.103. The summed E-state index contributed by atoms with van der Waals surface area (Å²) in [7, 11) is 0. The van der Waals surface area contributed by atoms with Crippen molar-refractivity contribution in [2.75, 3.05) is 19.6 Å². The minimum atomic E-state index is 0.103. The first-order chi connectivity index (χ1) is 10.2. The van der Waals surface area contributed by atoms with Crippen LogP contribution in [-0.2, 0) is 11.2 Å². The third-order valence-corrected chi connectivity index (χ3v) is 4.03. The zero-order chi connectivity index (χ0) is 15.1. The SMILES string of the molecule is CCCN(CC1CCCCN1)C(=O)Cc1ccccc1O. The molecule has 2 rings (SSSR count). The van der Waals surface area contributed by atoms with Crippen molar-refractivity contribution in [3.8, 4) is 5.75 Å². The predicted molar refractivity (Wildman–Crippen MR) is 84.3 cm³/mol. The van der Waals surface area contributed by atoms with E-state index in [1.54, 1.807) is 12.1 Å². The average molecular weight is 290 g/mol. The van der Waals surface area contributed by atoms with Crippen molar-refractivity contribution in [2.24, 2.45) is 0 Å². The standard InChI is InChI=1S/C17H26N2O2/c1-2-11-19(13-15-8-5-6-10-18-15)17(21)12-14-7-3-4-9-16(14)20/h3-4,7,9,15,18,20H,2,5-6,8,10-13H2,1H3. The molecule has 1 atom stereocenters. The summed E-state index contributed by atoms with van der Waals surface area (Å²) < 4.78 is 0. The zero-order valence-corrected chi connectivity index (χ0v) is 12.8. The van der Waals surface area contributed by atoms with E-state index in [2.05, 4.69) is 12.2 Å². The Morgan fingerprint density at radius 3 is 2.86 bits per heavy atom. The molecule has 4 heteroatoms. The van der Waals surface area contributed by atoms with Gasteiger partial charge in [0.15, 0.2) is 0 Å². The molecule has 1 aliphatic rings. The van der Waals surface area contributed by atoms with Gasteiger partial charge in [0.1, 0.15) is 5.75 Å². The van der Waals surface area contributed by atoms with Crippen LogP contribution in [0.1, 0.15) is 38.2 Å². The third kappa shape index (κ3) is 4.74. The number of para-hydroxylation sites is 1. The summed E-state index contributed by atoms with van der Waals surface area (Å²) in [5, 5.41) is 13.3. The Bertz CT molecular complexity index is 456. The van der Waals surface area contributed by atoms with Crippen LogP contribution in [0.5, 0.6) is 5.75 Å². The fraction of sp³-hybridized carbons (Fsp3) is 0.588. The molecule has 1 heterocycles. The Hall–Kier alpha value is -1.55. The molecule has 2 N–H and O–H groups in total. The van der Waals surface area contributed by atoms with Crippen LogP contribution in [0, 0.1) is 0 Å². The summed E-state index contributed by atoms with van der Waals surface area (Å²) in [5.74, 6) is 0.309. The zero-order valence-electron chi connectivity index (χ0n) is 12.8. The van der Waals surface area contributed by atoms with Gasteiger partial charge in [0.05, 0.1) is 6.42 Å². The number of amides is 1. The van der Waals surface area contributed by atoms with Crippen LogP contribution in [0.3, 0.4) is 0 Å². The van der Waals surface area contributed by atoms with Crippen LogP contribution in [0.25, 0.3) is 0 Å². The molecule has 1 aromatic carbocycles. The maximum atomic E-state index is 12.5. The van der Waals surface area contributed by atoms with Gasteiger partial charge in [-0.3, -0.25) is 4.79 Å². The smallest absolute Gasteiger partial charge is 0.227 e. The molecule has 1 unspecified atom stereocenters. The molecule has 4 nitrogen and oxygen atoms in total. The number of phenols is 1. The molecule has 0 spiro atoms. The second-order valence-electron chi connectivity index (χ2n) is 5.79. The largest absolute Gasteiger partial charge is 0.508 e. The fourth-order valence-electron chi connectivity index (χ4n) is 2.87. The van der Waals surface area contributed by atoms with E-state index in [-0.39, 0.29) is 18.1 Å². The Morgan fingerprint density at radius 1 is 1.38 bits per heavy atom. The predicted octanol–water partition coefficient (Wildman–Crippen LogP) is 2.32. The molecule has 1 amide bonds. The van der Waals surface area contributed by atoms with E-state index in [0.717, 1.165) is 32.5 Å². The van der Waals surface area contributed by atoms with Crippen molar-refractivity contribution < 1.29 is 9.90 Å². The monoisotopic (exact) mass is 290 g/mol. The quantitative estimate of drug-likeness (QED) is 0.845. The van der Waals surface area contributed by atoms with Gasteiger partial charge < -0.3 is 15.3 Å². The van der Waals surface area contributed by atoms with Crippen molar-refractivity contribution in [1.82, 2.24) is 10.2 Å². The lowest BCUT2D eigenvalue weighted by Crippen LogP contribution is -2.46. The second-order valence-corrected chi connectivity index (χ2v) is 5.79. The topological polar surface area (TPSA) is 52.6 Å². The number of phenolic OH excluding ortho intramolecular Hbond substituents is 1. The minimum Gasteiger partial charge on any atom is -0.508 e. The van der Waals surface area contributed by atoms with Crippen LogP contribution in [-0.4, -0.2) is 41.6 Å². The summed E-state index contributed by atoms with van der Waals surface area (Å²) in [6.07, 6.45) is 4.85. The highest BCUT2D eigenvalue weighted by atomic mass is 16.3. The summed E-state index contributed by atoms with van der Waals surface area (Å²) in [4.78, 5) is 14.5. The van der Waals surface area contributed by atoms with Crippen molar-refractivity contribution in [2.45, 2.75) is 45.1 Å². The van der Waals surface area contributed by atoms with Gasteiger partial charge in [-0.15, -0.1) is 0 Å². The number of nitrogens with zero attached hydrogens (tertiary/aromatic N) is 1. The highest BCUT2D eigenvalue weighted by Crippen LogP contribution is 2.17. The molecular weight excluding hydrogens is 264 g/mol. The number of hydrogen-bond donors (Lipinski definition) is 2. The first-order valence-electron chi connectivity index (χ1n) is 7.98. The number of carbonyl (C=O) groups excluding carboxylic acids is 1. The molecule has 1 fully saturated rings. The summed E-state index contributed by atoms with van der Waals surface area (Å²) in [6, 6.07) is 7.50. The molecule has 0 saturated carbocycles. The molecule has 21 heavy (non-hydrogen) atoms.